The summed E-state index contributed by atoms with van der Waals surface area (Å²) in [4.78, 5) is 20.6. The quantitative estimate of drug-likeness (QED) is 0.471. The van der Waals surface area contributed by atoms with E-state index in [4.69, 9.17) is 5.11 Å². The monoisotopic (exact) mass is 190 g/mol. The Kier molecular flexibility index (Phi) is 6.85. The topological polar surface area (TPSA) is 54.4 Å². The van der Waals surface area contributed by atoms with Crippen molar-refractivity contribution in [3.8, 4) is 0 Å². The third-order valence-corrected chi connectivity index (χ3v) is 1.97. The summed E-state index contributed by atoms with van der Waals surface area (Å²) < 4.78 is 0. The van der Waals surface area contributed by atoms with Crippen LogP contribution in [-0.2, 0) is 9.59 Å². The predicted octanol–water partition coefficient (Wildman–Crippen LogP) is 1.38. The van der Waals surface area contributed by atoms with E-state index in [1.54, 1.807) is 0 Å². The second-order valence-corrected chi connectivity index (χ2v) is 3.14. The zero-order chi connectivity index (χ0) is 9.40. The zero-order valence-electron chi connectivity index (χ0n) is 6.90. The second kappa shape index (κ2) is 7.16. The molecule has 1 N–H and O–H groups in total. The maximum absolute atomic E-state index is 10.4. The summed E-state index contributed by atoms with van der Waals surface area (Å²) in [5, 5.41) is 8.35. The van der Waals surface area contributed by atoms with Crippen molar-refractivity contribution in [1.82, 2.24) is 0 Å². The lowest BCUT2D eigenvalue weighted by atomic mass is 10.00. The number of carboxylic acid groups (broad SMARTS) is 1. The van der Waals surface area contributed by atoms with Crippen LogP contribution in [0.3, 0.4) is 0 Å². The standard InChI is InChI=1S/C8H14O3S/c9-6-7(2-1-5-12)3-4-8(10)11/h6-7,12H,1-5H2,(H,10,11). The fourth-order valence-corrected chi connectivity index (χ4v) is 1.13. The Hall–Kier alpha value is -0.510. The number of aliphatic carboxylic acids is 1. The molecule has 0 aliphatic rings. The van der Waals surface area contributed by atoms with E-state index in [2.05, 4.69) is 12.6 Å². The van der Waals surface area contributed by atoms with E-state index in [0.717, 1.165) is 24.9 Å². The molecule has 4 heteroatoms. The molecule has 0 radical (unpaired) electrons. The van der Waals surface area contributed by atoms with Crippen molar-refractivity contribution in [2.45, 2.75) is 25.7 Å². The maximum Gasteiger partial charge on any atom is 0.303 e. The Labute approximate surface area is 77.6 Å². The molecule has 1 unspecified atom stereocenters. The van der Waals surface area contributed by atoms with E-state index in [1.165, 1.54) is 0 Å². The molecule has 0 aliphatic heterocycles. The third kappa shape index (κ3) is 6.22. The molecule has 0 aromatic heterocycles. The van der Waals surface area contributed by atoms with Gasteiger partial charge in [0.25, 0.3) is 0 Å². The highest BCUT2D eigenvalue weighted by Crippen LogP contribution is 2.11. The molecule has 0 heterocycles. The van der Waals surface area contributed by atoms with Crippen molar-refractivity contribution < 1.29 is 14.7 Å². The molecule has 0 spiro atoms. The fraction of sp³-hybridized carbons (Fsp3) is 0.750. The van der Waals surface area contributed by atoms with Crippen LogP contribution in [0.4, 0.5) is 0 Å². The van der Waals surface area contributed by atoms with E-state index in [1.807, 2.05) is 0 Å². The summed E-state index contributed by atoms with van der Waals surface area (Å²) in [5.41, 5.74) is 0. The third-order valence-electron chi connectivity index (χ3n) is 1.65. The Bertz CT molecular complexity index is 147. The number of hydrogen-bond acceptors (Lipinski definition) is 3. The van der Waals surface area contributed by atoms with Gasteiger partial charge in [0.1, 0.15) is 6.29 Å². The molecule has 12 heavy (non-hydrogen) atoms. The van der Waals surface area contributed by atoms with Gasteiger partial charge in [0, 0.05) is 12.3 Å². The van der Waals surface area contributed by atoms with E-state index < -0.39 is 5.97 Å². The number of thiol groups is 1. The zero-order valence-corrected chi connectivity index (χ0v) is 7.80. The summed E-state index contributed by atoms with van der Waals surface area (Å²) in [7, 11) is 0. The van der Waals surface area contributed by atoms with Gasteiger partial charge in [-0.25, -0.2) is 0 Å². The Morgan fingerprint density at radius 3 is 2.58 bits per heavy atom. The number of hydrogen-bond donors (Lipinski definition) is 2. The van der Waals surface area contributed by atoms with E-state index in [9.17, 15) is 9.59 Å². The van der Waals surface area contributed by atoms with Gasteiger partial charge in [0.05, 0.1) is 0 Å². The lowest BCUT2D eigenvalue weighted by Crippen LogP contribution is -2.06. The highest BCUT2D eigenvalue weighted by atomic mass is 32.1. The van der Waals surface area contributed by atoms with Crippen LogP contribution in [0.5, 0.6) is 0 Å². The summed E-state index contributed by atoms with van der Waals surface area (Å²) in [5.74, 6) is -0.196. The fourth-order valence-electron chi connectivity index (χ4n) is 0.943. The van der Waals surface area contributed by atoms with Crippen LogP contribution in [0.15, 0.2) is 0 Å². The SMILES string of the molecule is O=CC(CCCS)CCC(=O)O. The van der Waals surface area contributed by atoms with Crippen LogP contribution in [0.1, 0.15) is 25.7 Å². The first kappa shape index (κ1) is 11.5. The van der Waals surface area contributed by atoms with Gasteiger partial charge < -0.3 is 9.90 Å². The minimum absolute atomic E-state index is 0.0793. The molecule has 0 aromatic carbocycles. The maximum atomic E-state index is 10.4. The van der Waals surface area contributed by atoms with Crippen molar-refractivity contribution in [2.24, 2.45) is 5.92 Å². The summed E-state index contributed by atoms with van der Waals surface area (Å²) >= 11 is 4.01. The van der Waals surface area contributed by atoms with E-state index >= 15 is 0 Å². The summed E-state index contributed by atoms with van der Waals surface area (Å²) in [6, 6.07) is 0. The van der Waals surface area contributed by atoms with Crippen molar-refractivity contribution in [1.29, 1.82) is 0 Å². The Balaban J connectivity index is 3.52. The molecule has 0 bridgehead atoms. The summed E-state index contributed by atoms with van der Waals surface area (Å²) in [6.07, 6.45) is 2.99. The highest BCUT2D eigenvalue weighted by Gasteiger charge is 2.08. The molecule has 0 rings (SSSR count). The molecule has 0 amide bonds. The van der Waals surface area contributed by atoms with E-state index in [0.29, 0.717) is 6.42 Å². The van der Waals surface area contributed by atoms with Crippen molar-refractivity contribution in [2.75, 3.05) is 5.75 Å². The normalized spacial score (nSPS) is 12.4. The van der Waals surface area contributed by atoms with Gasteiger partial charge in [-0.3, -0.25) is 4.79 Å². The van der Waals surface area contributed by atoms with Crippen molar-refractivity contribution in [3.63, 3.8) is 0 Å². The minimum atomic E-state index is -0.840. The predicted molar refractivity (Wildman–Crippen MR) is 49.5 cm³/mol. The van der Waals surface area contributed by atoms with Crippen LogP contribution in [0.25, 0.3) is 0 Å². The van der Waals surface area contributed by atoms with Gasteiger partial charge in [-0.15, -0.1) is 0 Å². The first-order valence-corrected chi connectivity index (χ1v) is 4.62. The number of rotatable bonds is 7. The van der Waals surface area contributed by atoms with Gasteiger partial charge in [0.2, 0.25) is 0 Å². The molecule has 3 nitrogen and oxygen atoms in total. The lowest BCUT2D eigenvalue weighted by molar-refractivity contribution is -0.137. The van der Waals surface area contributed by atoms with Gasteiger partial charge in [0.15, 0.2) is 0 Å². The molecule has 0 saturated carbocycles. The lowest BCUT2D eigenvalue weighted by Gasteiger charge is -2.06. The molecular formula is C8H14O3S. The van der Waals surface area contributed by atoms with Crippen LogP contribution < -0.4 is 0 Å². The van der Waals surface area contributed by atoms with Crippen LogP contribution >= 0.6 is 12.6 Å². The summed E-state index contributed by atoms with van der Waals surface area (Å²) in [6.45, 7) is 0. The van der Waals surface area contributed by atoms with Crippen LogP contribution in [0.2, 0.25) is 0 Å². The molecule has 0 saturated heterocycles. The largest absolute Gasteiger partial charge is 0.481 e. The number of carbonyl (C=O) groups excluding carboxylic acids is 1. The minimum Gasteiger partial charge on any atom is -0.481 e. The number of aldehydes is 1. The van der Waals surface area contributed by atoms with Gasteiger partial charge >= 0.3 is 5.97 Å². The van der Waals surface area contributed by atoms with Gasteiger partial charge in [-0.1, -0.05) is 0 Å². The van der Waals surface area contributed by atoms with Gasteiger partial charge in [-0.2, -0.15) is 12.6 Å². The highest BCUT2D eigenvalue weighted by molar-refractivity contribution is 7.80. The van der Waals surface area contributed by atoms with E-state index in [-0.39, 0.29) is 12.3 Å². The van der Waals surface area contributed by atoms with Gasteiger partial charge in [-0.05, 0) is 25.0 Å². The van der Waals surface area contributed by atoms with Crippen molar-refractivity contribution >= 4 is 24.9 Å². The van der Waals surface area contributed by atoms with Crippen LogP contribution in [0, 0.1) is 5.92 Å². The van der Waals surface area contributed by atoms with Crippen molar-refractivity contribution in [3.05, 3.63) is 0 Å². The molecule has 0 fully saturated rings. The first-order valence-electron chi connectivity index (χ1n) is 3.98. The molecule has 70 valence electrons. The van der Waals surface area contributed by atoms with Crippen LogP contribution in [-0.4, -0.2) is 23.1 Å². The number of carboxylic acids is 1. The molecule has 0 aliphatic carbocycles. The first-order chi connectivity index (χ1) is 5.70. The number of carbonyl (C=O) groups is 2. The Morgan fingerprint density at radius 2 is 2.17 bits per heavy atom. The molecule has 0 aromatic rings. The average Bonchev–Trinajstić information content (AvgIpc) is 2.05. The second-order valence-electron chi connectivity index (χ2n) is 2.69. The Morgan fingerprint density at radius 1 is 1.50 bits per heavy atom. The smallest absolute Gasteiger partial charge is 0.303 e. The molecule has 1 atom stereocenters. The molecular weight excluding hydrogens is 176 g/mol. The average molecular weight is 190 g/mol.